The summed E-state index contributed by atoms with van der Waals surface area (Å²) in [5.41, 5.74) is 2.44. The Labute approximate surface area is 186 Å². The van der Waals surface area contributed by atoms with Gasteiger partial charge in [-0.05, 0) is 32.0 Å². The molecule has 3 aromatic rings. The lowest BCUT2D eigenvalue weighted by molar-refractivity contribution is -0.0520. The normalized spacial score (nSPS) is 11.5. The lowest BCUT2D eigenvalue weighted by Gasteiger charge is -2.17. The smallest absolute Gasteiger partial charge is 0.387 e. The maximum atomic E-state index is 12.9. The first-order chi connectivity index (χ1) is 15.6. The van der Waals surface area contributed by atoms with Crippen molar-refractivity contribution in [3.63, 3.8) is 0 Å². The molecule has 0 saturated heterocycles. The van der Waals surface area contributed by atoms with Gasteiger partial charge in [-0.3, -0.25) is 0 Å². The standard InChI is InChI=1S/C23H27F2N5O2/c1-3-26-23(27-13-17-14-29-30(16-17)19-10-6-5-7-11-19)28-15-18-9-8-12-20(31-4-2)21(18)32-22(24)25/h5-12,14,16,22H,3-4,13,15H2,1-2H3,(H2,26,27,28). The van der Waals surface area contributed by atoms with Crippen LogP contribution >= 0.6 is 0 Å². The molecule has 9 heteroatoms. The van der Waals surface area contributed by atoms with E-state index in [1.54, 1.807) is 36.0 Å². The zero-order chi connectivity index (χ0) is 22.8. The number of aliphatic imine (C=N–C) groups is 1. The number of alkyl halides is 2. The highest BCUT2D eigenvalue weighted by molar-refractivity contribution is 5.79. The quantitative estimate of drug-likeness (QED) is 0.364. The Morgan fingerprint density at radius 2 is 1.91 bits per heavy atom. The summed E-state index contributed by atoms with van der Waals surface area (Å²) >= 11 is 0. The van der Waals surface area contributed by atoms with Gasteiger partial charge in [0.1, 0.15) is 0 Å². The molecule has 170 valence electrons. The predicted octanol–water partition coefficient (Wildman–Crippen LogP) is 4.13. The molecule has 32 heavy (non-hydrogen) atoms. The van der Waals surface area contributed by atoms with Gasteiger partial charge in [0.05, 0.1) is 25.0 Å². The Kier molecular flexibility index (Phi) is 8.42. The van der Waals surface area contributed by atoms with Crippen molar-refractivity contribution in [3.8, 4) is 17.2 Å². The van der Waals surface area contributed by atoms with Crippen molar-refractivity contribution < 1.29 is 18.3 Å². The Bertz CT molecular complexity index is 1010. The molecular weight excluding hydrogens is 416 g/mol. The lowest BCUT2D eigenvalue weighted by Crippen LogP contribution is -2.36. The van der Waals surface area contributed by atoms with E-state index >= 15 is 0 Å². The number of benzene rings is 2. The number of nitrogens with one attached hydrogen (secondary N) is 2. The van der Waals surface area contributed by atoms with E-state index in [1.165, 1.54) is 0 Å². The molecule has 0 saturated carbocycles. The molecule has 3 rings (SSSR count). The number of ether oxygens (including phenoxy) is 2. The first kappa shape index (κ1) is 23.1. The molecule has 0 aliphatic carbocycles. The van der Waals surface area contributed by atoms with Crippen LogP contribution in [-0.4, -0.2) is 35.5 Å². The van der Waals surface area contributed by atoms with Gasteiger partial charge in [-0.1, -0.05) is 30.3 Å². The molecule has 0 atom stereocenters. The number of nitrogens with zero attached hydrogens (tertiary/aromatic N) is 3. The SMILES string of the molecule is CCNC(=NCc1cnn(-c2ccccc2)c1)NCc1cccc(OCC)c1OC(F)F. The molecular formula is C23H27F2N5O2. The molecule has 0 fully saturated rings. The zero-order valence-electron chi connectivity index (χ0n) is 18.1. The molecule has 0 spiro atoms. The van der Waals surface area contributed by atoms with Crippen molar-refractivity contribution in [2.24, 2.45) is 4.99 Å². The number of para-hydroxylation sites is 2. The molecule has 0 aliphatic rings. The van der Waals surface area contributed by atoms with Crippen LogP contribution < -0.4 is 20.1 Å². The van der Waals surface area contributed by atoms with Gasteiger partial charge in [-0.25, -0.2) is 9.67 Å². The Hall–Kier alpha value is -3.62. The van der Waals surface area contributed by atoms with Crippen LogP contribution in [0.5, 0.6) is 11.5 Å². The molecule has 1 heterocycles. The van der Waals surface area contributed by atoms with Crippen molar-refractivity contribution in [1.29, 1.82) is 0 Å². The van der Waals surface area contributed by atoms with Crippen LogP contribution in [0.4, 0.5) is 8.78 Å². The van der Waals surface area contributed by atoms with E-state index in [2.05, 4.69) is 20.7 Å². The average Bonchev–Trinajstić information content (AvgIpc) is 3.27. The number of hydrogen-bond donors (Lipinski definition) is 2. The highest BCUT2D eigenvalue weighted by Gasteiger charge is 2.16. The van der Waals surface area contributed by atoms with Crippen LogP contribution in [0, 0.1) is 0 Å². The van der Waals surface area contributed by atoms with E-state index in [4.69, 9.17) is 9.47 Å². The summed E-state index contributed by atoms with van der Waals surface area (Å²) in [6.45, 7) is 2.42. The van der Waals surface area contributed by atoms with Gasteiger partial charge in [0.15, 0.2) is 17.5 Å². The van der Waals surface area contributed by atoms with Gasteiger partial charge in [0, 0.05) is 30.4 Å². The third kappa shape index (κ3) is 6.44. The maximum Gasteiger partial charge on any atom is 0.387 e. The van der Waals surface area contributed by atoms with E-state index in [1.807, 2.05) is 43.5 Å². The summed E-state index contributed by atoms with van der Waals surface area (Å²) in [5.74, 6) is 0.851. The van der Waals surface area contributed by atoms with Crippen molar-refractivity contribution in [3.05, 3.63) is 72.1 Å². The van der Waals surface area contributed by atoms with Crippen LogP contribution in [0.2, 0.25) is 0 Å². The van der Waals surface area contributed by atoms with Crippen LogP contribution in [0.15, 0.2) is 65.9 Å². The second kappa shape index (κ2) is 11.7. The highest BCUT2D eigenvalue weighted by Crippen LogP contribution is 2.32. The van der Waals surface area contributed by atoms with Gasteiger partial charge >= 0.3 is 6.61 Å². The van der Waals surface area contributed by atoms with Gasteiger partial charge in [-0.15, -0.1) is 0 Å². The van der Waals surface area contributed by atoms with Crippen molar-refractivity contribution in [2.45, 2.75) is 33.5 Å². The fraction of sp³-hybridized carbons (Fsp3) is 0.304. The van der Waals surface area contributed by atoms with E-state index in [0.29, 0.717) is 31.2 Å². The van der Waals surface area contributed by atoms with Gasteiger partial charge in [-0.2, -0.15) is 13.9 Å². The molecule has 0 unspecified atom stereocenters. The number of aromatic nitrogens is 2. The highest BCUT2D eigenvalue weighted by atomic mass is 19.3. The first-order valence-electron chi connectivity index (χ1n) is 10.4. The number of guanidine groups is 1. The Morgan fingerprint density at radius 1 is 1.09 bits per heavy atom. The zero-order valence-corrected chi connectivity index (χ0v) is 18.1. The van der Waals surface area contributed by atoms with Crippen LogP contribution in [0.1, 0.15) is 25.0 Å². The largest absolute Gasteiger partial charge is 0.490 e. The Balaban J connectivity index is 1.70. The maximum absolute atomic E-state index is 12.9. The molecule has 0 bridgehead atoms. The summed E-state index contributed by atoms with van der Waals surface area (Å²) in [6, 6.07) is 14.9. The number of halogens is 2. The topological polar surface area (TPSA) is 72.7 Å². The van der Waals surface area contributed by atoms with Crippen LogP contribution in [0.25, 0.3) is 5.69 Å². The van der Waals surface area contributed by atoms with E-state index in [-0.39, 0.29) is 18.0 Å². The second-order valence-corrected chi connectivity index (χ2v) is 6.73. The van der Waals surface area contributed by atoms with Gasteiger partial charge < -0.3 is 20.1 Å². The fourth-order valence-corrected chi connectivity index (χ4v) is 3.05. The summed E-state index contributed by atoms with van der Waals surface area (Å²) < 4.78 is 37.8. The molecule has 0 radical (unpaired) electrons. The lowest BCUT2D eigenvalue weighted by atomic mass is 10.2. The monoisotopic (exact) mass is 443 g/mol. The van der Waals surface area contributed by atoms with Gasteiger partial charge in [0.2, 0.25) is 0 Å². The third-order valence-corrected chi connectivity index (χ3v) is 4.43. The van der Waals surface area contributed by atoms with Crippen molar-refractivity contribution in [1.82, 2.24) is 20.4 Å². The van der Waals surface area contributed by atoms with Crippen molar-refractivity contribution >= 4 is 5.96 Å². The Morgan fingerprint density at radius 3 is 2.62 bits per heavy atom. The minimum absolute atomic E-state index is 0.0248. The van der Waals surface area contributed by atoms with Gasteiger partial charge in [0.25, 0.3) is 0 Å². The molecule has 2 aromatic carbocycles. The van der Waals surface area contributed by atoms with E-state index in [0.717, 1.165) is 11.3 Å². The third-order valence-electron chi connectivity index (χ3n) is 4.43. The summed E-state index contributed by atoms with van der Waals surface area (Å²) in [6.07, 6.45) is 3.68. The summed E-state index contributed by atoms with van der Waals surface area (Å²) in [4.78, 5) is 4.58. The molecule has 7 nitrogen and oxygen atoms in total. The molecule has 0 amide bonds. The van der Waals surface area contributed by atoms with Crippen molar-refractivity contribution in [2.75, 3.05) is 13.2 Å². The molecule has 0 aliphatic heterocycles. The number of rotatable bonds is 10. The summed E-state index contributed by atoms with van der Waals surface area (Å²) in [7, 11) is 0. The second-order valence-electron chi connectivity index (χ2n) is 6.73. The van der Waals surface area contributed by atoms with E-state index < -0.39 is 6.61 Å². The summed E-state index contributed by atoms with van der Waals surface area (Å²) in [5, 5.41) is 10.7. The fourth-order valence-electron chi connectivity index (χ4n) is 3.05. The van der Waals surface area contributed by atoms with E-state index in [9.17, 15) is 8.78 Å². The van der Waals surface area contributed by atoms with Crippen LogP contribution in [0.3, 0.4) is 0 Å². The number of hydrogen-bond acceptors (Lipinski definition) is 4. The van der Waals surface area contributed by atoms with Crippen LogP contribution in [-0.2, 0) is 13.1 Å². The predicted molar refractivity (Wildman–Crippen MR) is 119 cm³/mol. The minimum Gasteiger partial charge on any atom is -0.490 e. The average molecular weight is 443 g/mol. The molecule has 1 aromatic heterocycles. The minimum atomic E-state index is -2.95. The first-order valence-corrected chi connectivity index (χ1v) is 10.4. The molecule has 2 N–H and O–H groups in total.